The fourth-order valence-corrected chi connectivity index (χ4v) is 3.60. The minimum atomic E-state index is 0. The normalized spacial score (nSPS) is 16.6. The molecule has 1 aromatic heterocycles. The van der Waals surface area contributed by atoms with E-state index < -0.39 is 0 Å². The summed E-state index contributed by atoms with van der Waals surface area (Å²) in [6.45, 7) is 4.25. The van der Waals surface area contributed by atoms with Crippen LogP contribution in [0, 0.1) is 5.92 Å². The van der Waals surface area contributed by atoms with E-state index >= 15 is 0 Å². The Morgan fingerprint density at radius 2 is 1.90 bits per heavy atom. The lowest BCUT2D eigenvalue weighted by Crippen LogP contribution is -2.43. The number of halogens is 1. The van der Waals surface area contributed by atoms with Gasteiger partial charge >= 0.3 is 0 Å². The molecule has 7 heteroatoms. The molecule has 0 atom stereocenters. The number of nitrogens with one attached hydrogen (secondary N) is 2. The second-order valence-corrected chi connectivity index (χ2v) is 7.96. The number of benzene rings is 1. The highest BCUT2D eigenvalue weighted by molar-refractivity contribution is 14.0. The van der Waals surface area contributed by atoms with Gasteiger partial charge in [-0.25, -0.2) is 4.68 Å². The molecule has 6 nitrogen and oxygen atoms in total. The van der Waals surface area contributed by atoms with E-state index in [-0.39, 0.29) is 24.0 Å². The third-order valence-corrected chi connectivity index (χ3v) is 5.58. The molecule has 0 amide bonds. The molecule has 0 radical (unpaired) electrons. The zero-order valence-electron chi connectivity index (χ0n) is 17.3. The van der Waals surface area contributed by atoms with Gasteiger partial charge in [-0.15, -0.1) is 24.0 Å². The number of guanidine groups is 1. The lowest BCUT2D eigenvalue weighted by Gasteiger charge is -2.22. The number of hydrogen-bond donors (Lipinski definition) is 2. The molecule has 29 heavy (non-hydrogen) atoms. The molecule has 158 valence electrons. The average molecular weight is 508 g/mol. The van der Waals surface area contributed by atoms with Crippen LogP contribution in [0.25, 0.3) is 5.69 Å². The molecule has 2 aliphatic carbocycles. The van der Waals surface area contributed by atoms with Crippen molar-refractivity contribution in [3.63, 3.8) is 0 Å². The van der Waals surface area contributed by atoms with Crippen molar-refractivity contribution in [2.24, 2.45) is 10.9 Å². The van der Waals surface area contributed by atoms with E-state index in [0.29, 0.717) is 0 Å². The summed E-state index contributed by atoms with van der Waals surface area (Å²) in [4.78, 5) is 7.04. The van der Waals surface area contributed by atoms with Gasteiger partial charge in [0.25, 0.3) is 0 Å². The van der Waals surface area contributed by atoms with Crippen molar-refractivity contribution in [2.75, 3.05) is 33.2 Å². The number of aromatic nitrogens is 2. The Hall–Kier alpha value is -1.61. The van der Waals surface area contributed by atoms with Gasteiger partial charge < -0.3 is 10.6 Å². The number of nitrogens with zero attached hydrogens (tertiary/aromatic N) is 4. The SMILES string of the molecule is CN=C(NCCc1ccc(-n2cccn2)cc1)NCCN(CC1CC1)C1CC1.I. The summed E-state index contributed by atoms with van der Waals surface area (Å²) in [6, 6.07) is 11.3. The predicted molar refractivity (Wildman–Crippen MR) is 129 cm³/mol. The Labute approximate surface area is 191 Å². The summed E-state index contributed by atoms with van der Waals surface area (Å²) in [5.74, 6) is 1.87. The molecule has 0 saturated heterocycles. The van der Waals surface area contributed by atoms with Gasteiger partial charge in [-0.1, -0.05) is 12.1 Å². The first-order valence-electron chi connectivity index (χ1n) is 10.6. The monoisotopic (exact) mass is 508 g/mol. The molecule has 2 N–H and O–H groups in total. The van der Waals surface area contributed by atoms with Crippen LogP contribution in [0.4, 0.5) is 0 Å². The first-order chi connectivity index (χ1) is 13.8. The van der Waals surface area contributed by atoms with Crippen LogP contribution in [0.1, 0.15) is 31.2 Å². The van der Waals surface area contributed by atoms with E-state index in [2.05, 4.69) is 49.9 Å². The van der Waals surface area contributed by atoms with E-state index in [1.54, 1.807) is 6.20 Å². The van der Waals surface area contributed by atoms with Crippen molar-refractivity contribution in [3.8, 4) is 5.69 Å². The Morgan fingerprint density at radius 1 is 1.14 bits per heavy atom. The molecule has 0 unspecified atom stereocenters. The molecular formula is C22H33IN6. The van der Waals surface area contributed by atoms with Gasteiger partial charge in [0.15, 0.2) is 5.96 Å². The maximum Gasteiger partial charge on any atom is 0.191 e. The molecule has 0 spiro atoms. The van der Waals surface area contributed by atoms with E-state index in [4.69, 9.17) is 0 Å². The topological polar surface area (TPSA) is 57.5 Å². The van der Waals surface area contributed by atoms with Crippen LogP contribution in [0.3, 0.4) is 0 Å². The Kier molecular flexibility index (Phi) is 8.35. The predicted octanol–water partition coefficient (Wildman–Crippen LogP) is 3.07. The maximum absolute atomic E-state index is 4.36. The summed E-state index contributed by atoms with van der Waals surface area (Å²) < 4.78 is 1.88. The number of hydrogen-bond acceptors (Lipinski definition) is 3. The van der Waals surface area contributed by atoms with Gasteiger partial charge in [-0.2, -0.15) is 5.10 Å². The molecule has 1 aromatic carbocycles. The molecule has 2 fully saturated rings. The van der Waals surface area contributed by atoms with Crippen molar-refractivity contribution < 1.29 is 0 Å². The second kappa shape index (κ2) is 11.0. The van der Waals surface area contributed by atoms with Crippen LogP contribution in [0.15, 0.2) is 47.7 Å². The van der Waals surface area contributed by atoms with Crippen molar-refractivity contribution >= 4 is 29.9 Å². The molecular weight excluding hydrogens is 475 g/mol. The quantitative estimate of drug-likeness (QED) is 0.294. The maximum atomic E-state index is 4.36. The first-order valence-corrected chi connectivity index (χ1v) is 10.6. The molecule has 0 bridgehead atoms. The van der Waals surface area contributed by atoms with Crippen LogP contribution < -0.4 is 10.6 Å². The summed E-state index contributed by atoms with van der Waals surface area (Å²) in [7, 11) is 1.84. The van der Waals surface area contributed by atoms with Crippen LogP contribution in [-0.2, 0) is 6.42 Å². The highest BCUT2D eigenvalue weighted by atomic mass is 127. The molecule has 1 heterocycles. The van der Waals surface area contributed by atoms with Crippen LogP contribution in [0.2, 0.25) is 0 Å². The van der Waals surface area contributed by atoms with Crippen molar-refractivity contribution in [1.29, 1.82) is 0 Å². The third kappa shape index (κ3) is 6.99. The summed E-state index contributed by atoms with van der Waals surface area (Å²) in [5, 5.41) is 11.2. The number of rotatable bonds is 10. The Bertz CT molecular complexity index is 750. The third-order valence-electron chi connectivity index (χ3n) is 5.58. The summed E-state index contributed by atoms with van der Waals surface area (Å²) in [6.07, 6.45) is 10.4. The van der Waals surface area contributed by atoms with Gasteiger partial charge in [0.2, 0.25) is 0 Å². The van der Waals surface area contributed by atoms with Crippen LogP contribution in [-0.4, -0.2) is 59.9 Å². The second-order valence-electron chi connectivity index (χ2n) is 7.96. The highest BCUT2D eigenvalue weighted by Crippen LogP contribution is 2.34. The minimum Gasteiger partial charge on any atom is -0.356 e. The molecule has 4 rings (SSSR count). The Morgan fingerprint density at radius 3 is 2.52 bits per heavy atom. The van der Waals surface area contributed by atoms with Gasteiger partial charge in [0, 0.05) is 51.7 Å². The fraction of sp³-hybridized carbons (Fsp3) is 0.545. The molecule has 0 aliphatic heterocycles. The van der Waals surface area contributed by atoms with Gasteiger partial charge in [0.05, 0.1) is 5.69 Å². The van der Waals surface area contributed by atoms with Crippen molar-refractivity contribution in [1.82, 2.24) is 25.3 Å². The first kappa shape index (κ1) is 22.1. The fourth-order valence-electron chi connectivity index (χ4n) is 3.60. The van der Waals surface area contributed by atoms with Crippen molar-refractivity contribution in [2.45, 2.75) is 38.1 Å². The molecule has 2 aliphatic rings. The Balaban J connectivity index is 0.00000240. The van der Waals surface area contributed by atoms with Gasteiger partial charge in [0.1, 0.15) is 0 Å². The zero-order valence-corrected chi connectivity index (χ0v) is 19.6. The van der Waals surface area contributed by atoms with E-state index in [1.807, 2.05) is 24.0 Å². The summed E-state index contributed by atoms with van der Waals surface area (Å²) in [5.41, 5.74) is 2.40. The zero-order chi connectivity index (χ0) is 19.2. The lowest BCUT2D eigenvalue weighted by atomic mass is 10.1. The highest BCUT2D eigenvalue weighted by Gasteiger charge is 2.33. The van der Waals surface area contributed by atoms with Gasteiger partial charge in [-0.3, -0.25) is 9.89 Å². The smallest absolute Gasteiger partial charge is 0.191 e. The average Bonchev–Trinajstić information content (AvgIpc) is 3.66. The minimum absolute atomic E-state index is 0. The standard InChI is InChI=1S/C22H32N6.HI/c1-23-22(25-14-16-27(20-9-10-20)17-19-3-4-19)24-13-11-18-5-7-21(8-6-18)28-15-2-12-26-28;/h2,5-8,12,15,19-20H,3-4,9-11,13-14,16-17H2,1H3,(H2,23,24,25);1H. The molecule has 2 saturated carbocycles. The largest absolute Gasteiger partial charge is 0.356 e. The van der Waals surface area contributed by atoms with E-state index in [0.717, 1.165) is 49.7 Å². The van der Waals surface area contributed by atoms with Gasteiger partial charge in [-0.05, 0) is 61.8 Å². The summed E-state index contributed by atoms with van der Waals surface area (Å²) >= 11 is 0. The van der Waals surface area contributed by atoms with Crippen LogP contribution in [0.5, 0.6) is 0 Å². The van der Waals surface area contributed by atoms with E-state index in [9.17, 15) is 0 Å². The van der Waals surface area contributed by atoms with E-state index in [1.165, 1.54) is 37.8 Å². The van der Waals surface area contributed by atoms with Crippen LogP contribution >= 0.6 is 24.0 Å². The molecule has 2 aromatic rings. The van der Waals surface area contributed by atoms with Crippen molar-refractivity contribution in [3.05, 3.63) is 48.3 Å². The lowest BCUT2D eigenvalue weighted by molar-refractivity contribution is 0.256. The number of aliphatic imine (C=N–C) groups is 1.